The standard InChI is InChI=1S/C15H25BrN2/c1-2-3-4-5-6-7-8-9-12-17-14-11-10-13-18-15(14)16/h10-11,13,17H,2-9,12H2,1H3. The minimum atomic E-state index is 0.907. The van der Waals surface area contributed by atoms with Crippen LogP contribution in [0.5, 0.6) is 0 Å². The minimum Gasteiger partial charge on any atom is -0.383 e. The lowest BCUT2D eigenvalue weighted by molar-refractivity contribution is 0.581. The first kappa shape index (κ1) is 15.5. The van der Waals surface area contributed by atoms with E-state index in [1.54, 1.807) is 6.20 Å². The van der Waals surface area contributed by atoms with E-state index < -0.39 is 0 Å². The number of halogens is 1. The van der Waals surface area contributed by atoms with Crippen molar-refractivity contribution in [3.8, 4) is 0 Å². The maximum Gasteiger partial charge on any atom is 0.129 e. The molecule has 0 aliphatic rings. The van der Waals surface area contributed by atoms with Gasteiger partial charge in [-0.2, -0.15) is 0 Å². The zero-order valence-corrected chi connectivity index (χ0v) is 13.0. The highest BCUT2D eigenvalue weighted by Gasteiger charge is 1.97. The van der Waals surface area contributed by atoms with Crippen LogP contribution in [0.25, 0.3) is 0 Å². The van der Waals surface area contributed by atoms with E-state index in [9.17, 15) is 0 Å². The summed E-state index contributed by atoms with van der Waals surface area (Å²) in [5.41, 5.74) is 1.10. The lowest BCUT2D eigenvalue weighted by atomic mass is 10.1. The van der Waals surface area contributed by atoms with Gasteiger partial charge in [0.15, 0.2) is 0 Å². The highest BCUT2D eigenvalue weighted by Crippen LogP contribution is 2.18. The molecule has 0 aliphatic carbocycles. The fourth-order valence-electron chi connectivity index (χ4n) is 2.00. The Balaban J connectivity index is 1.94. The molecule has 0 fully saturated rings. The smallest absolute Gasteiger partial charge is 0.129 e. The largest absolute Gasteiger partial charge is 0.383 e. The van der Waals surface area contributed by atoms with Crippen LogP contribution in [0.1, 0.15) is 58.3 Å². The van der Waals surface area contributed by atoms with E-state index in [2.05, 4.69) is 39.2 Å². The van der Waals surface area contributed by atoms with Crippen molar-refractivity contribution in [3.05, 3.63) is 22.9 Å². The second kappa shape index (κ2) is 10.4. The van der Waals surface area contributed by atoms with Gasteiger partial charge in [-0.25, -0.2) is 4.98 Å². The number of nitrogens with one attached hydrogen (secondary N) is 1. The lowest BCUT2D eigenvalue weighted by Gasteiger charge is -2.07. The van der Waals surface area contributed by atoms with Gasteiger partial charge in [-0.1, -0.05) is 51.9 Å². The van der Waals surface area contributed by atoms with Gasteiger partial charge in [0.1, 0.15) is 4.60 Å². The fourth-order valence-corrected chi connectivity index (χ4v) is 2.39. The van der Waals surface area contributed by atoms with Crippen molar-refractivity contribution < 1.29 is 0 Å². The van der Waals surface area contributed by atoms with E-state index in [-0.39, 0.29) is 0 Å². The van der Waals surface area contributed by atoms with E-state index in [1.165, 1.54) is 51.4 Å². The summed E-state index contributed by atoms with van der Waals surface area (Å²) in [6.07, 6.45) is 12.7. The molecule has 1 N–H and O–H groups in total. The summed E-state index contributed by atoms with van der Waals surface area (Å²) < 4.78 is 0.907. The summed E-state index contributed by atoms with van der Waals surface area (Å²) >= 11 is 3.44. The van der Waals surface area contributed by atoms with Gasteiger partial charge in [0, 0.05) is 12.7 Å². The van der Waals surface area contributed by atoms with Crippen molar-refractivity contribution in [1.29, 1.82) is 0 Å². The quantitative estimate of drug-likeness (QED) is 0.462. The number of unbranched alkanes of at least 4 members (excludes halogenated alkanes) is 7. The van der Waals surface area contributed by atoms with Gasteiger partial charge in [0.05, 0.1) is 5.69 Å². The van der Waals surface area contributed by atoms with Crippen LogP contribution in [-0.4, -0.2) is 11.5 Å². The molecule has 3 heteroatoms. The van der Waals surface area contributed by atoms with Gasteiger partial charge in [-0.05, 0) is 34.5 Å². The minimum absolute atomic E-state index is 0.907. The SMILES string of the molecule is CCCCCCCCCCNc1cccnc1Br. The Morgan fingerprint density at radius 1 is 1.06 bits per heavy atom. The third-order valence-corrected chi connectivity index (χ3v) is 3.74. The number of rotatable bonds is 10. The molecule has 0 unspecified atom stereocenters. The highest BCUT2D eigenvalue weighted by atomic mass is 79.9. The molecular weight excluding hydrogens is 288 g/mol. The Labute approximate surface area is 120 Å². The van der Waals surface area contributed by atoms with E-state index >= 15 is 0 Å². The Hall–Kier alpha value is -0.570. The third-order valence-electron chi connectivity index (χ3n) is 3.10. The van der Waals surface area contributed by atoms with Crippen molar-refractivity contribution >= 4 is 21.6 Å². The molecule has 0 saturated heterocycles. The van der Waals surface area contributed by atoms with Crippen LogP contribution in [0, 0.1) is 0 Å². The molecule has 0 radical (unpaired) electrons. The van der Waals surface area contributed by atoms with E-state index in [0.29, 0.717) is 0 Å². The molecule has 0 bridgehead atoms. The number of aromatic nitrogens is 1. The van der Waals surface area contributed by atoms with Gasteiger partial charge in [0.2, 0.25) is 0 Å². The molecule has 1 rings (SSSR count). The molecule has 0 aromatic carbocycles. The van der Waals surface area contributed by atoms with Gasteiger partial charge in [-0.15, -0.1) is 0 Å². The Morgan fingerprint density at radius 3 is 2.39 bits per heavy atom. The van der Waals surface area contributed by atoms with Crippen molar-refractivity contribution in [1.82, 2.24) is 4.98 Å². The van der Waals surface area contributed by atoms with Crippen LogP contribution in [-0.2, 0) is 0 Å². The molecule has 0 saturated carbocycles. The molecule has 1 aromatic rings. The van der Waals surface area contributed by atoms with Crippen LogP contribution in [0.15, 0.2) is 22.9 Å². The molecule has 102 valence electrons. The molecule has 1 heterocycles. The number of hydrogen-bond donors (Lipinski definition) is 1. The van der Waals surface area contributed by atoms with Crippen LogP contribution in [0.4, 0.5) is 5.69 Å². The monoisotopic (exact) mass is 312 g/mol. The normalized spacial score (nSPS) is 10.6. The Kier molecular flexibility index (Phi) is 8.92. The van der Waals surface area contributed by atoms with E-state index in [1.807, 2.05) is 6.07 Å². The zero-order valence-electron chi connectivity index (χ0n) is 11.4. The van der Waals surface area contributed by atoms with Crippen molar-refractivity contribution in [2.75, 3.05) is 11.9 Å². The maximum atomic E-state index is 4.19. The van der Waals surface area contributed by atoms with Crippen molar-refractivity contribution in [2.45, 2.75) is 58.3 Å². The summed E-state index contributed by atoms with van der Waals surface area (Å²) in [5, 5.41) is 3.41. The lowest BCUT2D eigenvalue weighted by Crippen LogP contribution is -2.02. The Morgan fingerprint density at radius 2 is 1.72 bits per heavy atom. The third kappa shape index (κ3) is 7.00. The summed E-state index contributed by atoms with van der Waals surface area (Å²) in [7, 11) is 0. The molecule has 0 aliphatic heterocycles. The summed E-state index contributed by atoms with van der Waals surface area (Å²) in [5.74, 6) is 0. The Bertz CT molecular complexity index is 315. The van der Waals surface area contributed by atoms with Crippen molar-refractivity contribution in [2.24, 2.45) is 0 Å². The average molecular weight is 313 g/mol. The van der Waals surface area contributed by atoms with Crippen LogP contribution in [0.2, 0.25) is 0 Å². The number of hydrogen-bond acceptors (Lipinski definition) is 2. The first-order valence-corrected chi connectivity index (χ1v) is 7.98. The molecule has 2 nitrogen and oxygen atoms in total. The summed E-state index contributed by atoms with van der Waals surface area (Å²) in [6.45, 7) is 3.31. The maximum absolute atomic E-state index is 4.19. The fraction of sp³-hybridized carbons (Fsp3) is 0.667. The molecule has 1 aromatic heterocycles. The van der Waals surface area contributed by atoms with Crippen LogP contribution >= 0.6 is 15.9 Å². The molecule has 0 atom stereocenters. The predicted octanol–water partition coefficient (Wildman–Crippen LogP) is 5.40. The number of pyridine rings is 1. The zero-order chi connectivity index (χ0) is 13.1. The van der Waals surface area contributed by atoms with E-state index in [4.69, 9.17) is 0 Å². The second-order valence-corrected chi connectivity index (χ2v) is 5.49. The highest BCUT2D eigenvalue weighted by molar-refractivity contribution is 9.10. The van der Waals surface area contributed by atoms with Gasteiger partial charge < -0.3 is 5.32 Å². The molecule has 0 spiro atoms. The van der Waals surface area contributed by atoms with Crippen LogP contribution < -0.4 is 5.32 Å². The number of anilines is 1. The van der Waals surface area contributed by atoms with Crippen LogP contribution in [0.3, 0.4) is 0 Å². The topological polar surface area (TPSA) is 24.9 Å². The number of nitrogens with zero attached hydrogens (tertiary/aromatic N) is 1. The summed E-state index contributed by atoms with van der Waals surface area (Å²) in [6, 6.07) is 4.02. The predicted molar refractivity (Wildman–Crippen MR) is 83.0 cm³/mol. The van der Waals surface area contributed by atoms with Crippen molar-refractivity contribution in [3.63, 3.8) is 0 Å². The molecule has 18 heavy (non-hydrogen) atoms. The average Bonchev–Trinajstić information content (AvgIpc) is 2.39. The van der Waals surface area contributed by atoms with Gasteiger partial charge in [0.25, 0.3) is 0 Å². The van der Waals surface area contributed by atoms with E-state index in [0.717, 1.165) is 16.8 Å². The van der Waals surface area contributed by atoms with Gasteiger partial charge in [-0.3, -0.25) is 0 Å². The first-order valence-electron chi connectivity index (χ1n) is 7.19. The summed E-state index contributed by atoms with van der Waals surface area (Å²) in [4.78, 5) is 4.19. The molecular formula is C15H25BrN2. The molecule has 0 amide bonds. The van der Waals surface area contributed by atoms with Gasteiger partial charge >= 0.3 is 0 Å². The first-order chi connectivity index (χ1) is 8.84. The second-order valence-electron chi connectivity index (χ2n) is 4.74.